The molecule has 1 saturated heterocycles. The standard InChI is InChI=1S/C29H38ClN3O3/c1-35-27-15-21-10-13-33(19-23(21)16-28(27)36-2)26-11-12-32(17-20-4-3-5-24(30)14-20)18-22(26)6-9-29(34)31-25-7-8-25/h3-5,14-16,22,25-26H,6-13,17-19H2,1-2H3,(H,31,34)/t22-,26+/m0/s1. The summed E-state index contributed by atoms with van der Waals surface area (Å²) in [7, 11) is 3.39. The molecule has 0 unspecified atom stereocenters. The van der Waals surface area contributed by atoms with Crippen LogP contribution in [0.25, 0.3) is 0 Å². The number of rotatable bonds is 9. The average Bonchev–Trinajstić information content (AvgIpc) is 3.70. The van der Waals surface area contributed by atoms with Gasteiger partial charge in [-0.05, 0) is 85.5 Å². The van der Waals surface area contributed by atoms with Gasteiger partial charge in [0.1, 0.15) is 0 Å². The molecule has 2 heterocycles. The van der Waals surface area contributed by atoms with Crippen molar-refractivity contribution >= 4 is 17.5 Å². The molecule has 2 aromatic rings. The molecule has 0 aromatic heterocycles. The molecule has 2 aliphatic heterocycles. The molecule has 1 aliphatic carbocycles. The minimum atomic E-state index is 0.212. The number of hydrogen-bond acceptors (Lipinski definition) is 5. The second-order valence-electron chi connectivity index (χ2n) is 10.6. The van der Waals surface area contributed by atoms with Crippen molar-refractivity contribution < 1.29 is 14.3 Å². The molecule has 1 N–H and O–H groups in total. The number of piperidine rings is 1. The molecule has 0 bridgehead atoms. The normalized spacial score (nSPS) is 22.6. The van der Waals surface area contributed by atoms with E-state index >= 15 is 0 Å². The zero-order valence-electron chi connectivity index (χ0n) is 21.5. The van der Waals surface area contributed by atoms with Gasteiger partial charge in [0.15, 0.2) is 11.5 Å². The first-order valence-corrected chi connectivity index (χ1v) is 13.6. The highest BCUT2D eigenvalue weighted by molar-refractivity contribution is 6.30. The van der Waals surface area contributed by atoms with E-state index in [2.05, 4.69) is 39.4 Å². The molecule has 7 heteroatoms. The van der Waals surface area contributed by atoms with Crippen molar-refractivity contribution in [2.45, 2.75) is 63.7 Å². The molecule has 5 rings (SSSR count). The summed E-state index contributed by atoms with van der Waals surface area (Å²) < 4.78 is 11.1. The van der Waals surface area contributed by atoms with E-state index in [-0.39, 0.29) is 5.91 Å². The number of carbonyl (C=O) groups excluding carboxylic acids is 1. The number of likely N-dealkylation sites (tertiary alicyclic amines) is 1. The van der Waals surface area contributed by atoms with Crippen LogP contribution in [0.15, 0.2) is 36.4 Å². The molecule has 36 heavy (non-hydrogen) atoms. The Balaban J connectivity index is 1.29. The number of nitrogens with one attached hydrogen (secondary N) is 1. The van der Waals surface area contributed by atoms with Gasteiger partial charge in [-0.15, -0.1) is 0 Å². The molecule has 3 aliphatic rings. The van der Waals surface area contributed by atoms with Crippen LogP contribution in [0.2, 0.25) is 5.02 Å². The maximum atomic E-state index is 12.5. The molecule has 2 atom stereocenters. The van der Waals surface area contributed by atoms with Crippen molar-refractivity contribution in [2.75, 3.05) is 33.9 Å². The van der Waals surface area contributed by atoms with Crippen LogP contribution in [-0.4, -0.2) is 61.6 Å². The van der Waals surface area contributed by atoms with Crippen LogP contribution in [0.1, 0.15) is 48.8 Å². The first kappa shape index (κ1) is 25.4. The van der Waals surface area contributed by atoms with Crippen molar-refractivity contribution in [2.24, 2.45) is 5.92 Å². The van der Waals surface area contributed by atoms with Gasteiger partial charge in [-0.3, -0.25) is 14.6 Å². The second-order valence-corrected chi connectivity index (χ2v) is 11.0. The molecular weight excluding hydrogens is 474 g/mol. The van der Waals surface area contributed by atoms with E-state index in [1.807, 2.05) is 12.1 Å². The van der Waals surface area contributed by atoms with Crippen molar-refractivity contribution in [3.8, 4) is 11.5 Å². The van der Waals surface area contributed by atoms with Gasteiger partial charge in [0.2, 0.25) is 5.91 Å². The lowest BCUT2D eigenvalue weighted by molar-refractivity contribution is -0.121. The van der Waals surface area contributed by atoms with E-state index in [9.17, 15) is 4.79 Å². The molecule has 1 amide bonds. The van der Waals surface area contributed by atoms with Crippen LogP contribution in [0.5, 0.6) is 11.5 Å². The van der Waals surface area contributed by atoms with E-state index in [4.69, 9.17) is 21.1 Å². The summed E-state index contributed by atoms with van der Waals surface area (Å²) in [6.45, 7) is 4.91. The second kappa shape index (κ2) is 11.4. The Bertz CT molecular complexity index is 1070. The maximum absolute atomic E-state index is 12.5. The van der Waals surface area contributed by atoms with Crippen molar-refractivity contribution in [3.63, 3.8) is 0 Å². The Kier molecular flexibility index (Phi) is 8.04. The topological polar surface area (TPSA) is 54.0 Å². The summed E-state index contributed by atoms with van der Waals surface area (Å²) >= 11 is 6.24. The Hall–Kier alpha value is -2.28. The van der Waals surface area contributed by atoms with Gasteiger partial charge in [-0.1, -0.05) is 23.7 Å². The predicted octanol–water partition coefficient (Wildman–Crippen LogP) is 4.66. The Morgan fingerprint density at radius 1 is 1.06 bits per heavy atom. The highest BCUT2D eigenvalue weighted by atomic mass is 35.5. The highest BCUT2D eigenvalue weighted by Crippen LogP contribution is 2.36. The molecule has 0 spiro atoms. The predicted molar refractivity (Wildman–Crippen MR) is 143 cm³/mol. The third-order valence-electron chi connectivity index (χ3n) is 7.97. The number of fused-ring (bicyclic) bond motifs is 1. The lowest BCUT2D eigenvalue weighted by Gasteiger charge is -2.45. The van der Waals surface area contributed by atoms with E-state index in [0.717, 1.165) is 81.3 Å². The maximum Gasteiger partial charge on any atom is 0.220 e. The Morgan fingerprint density at radius 3 is 2.56 bits per heavy atom. The van der Waals surface area contributed by atoms with E-state index in [0.29, 0.717) is 24.4 Å². The SMILES string of the molecule is COc1cc2c(cc1OC)CN([C@@H]1CCN(Cc3cccc(Cl)c3)C[C@@H]1CCC(=O)NC1CC1)CC2. The molecule has 0 radical (unpaired) electrons. The van der Waals surface area contributed by atoms with Crippen LogP contribution < -0.4 is 14.8 Å². The minimum absolute atomic E-state index is 0.212. The fourth-order valence-electron chi connectivity index (χ4n) is 5.93. The number of hydrogen-bond donors (Lipinski definition) is 1. The summed E-state index contributed by atoms with van der Waals surface area (Å²) in [6, 6.07) is 13.3. The summed E-state index contributed by atoms with van der Waals surface area (Å²) in [6.07, 6.45) is 5.91. The van der Waals surface area contributed by atoms with Gasteiger partial charge >= 0.3 is 0 Å². The molecule has 1 saturated carbocycles. The van der Waals surface area contributed by atoms with Crippen molar-refractivity contribution in [1.82, 2.24) is 15.1 Å². The average molecular weight is 512 g/mol. The third-order valence-corrected chi connectivity index (χ3v) is 8.21. The number of amides is 1. The number of ether oxygens (including phenoxy) is 2. The van der Waals surface area contributed by atoms with E-state index in [1.54, 1.807) is 14.2 Å². The number of nitrogens with zero attached hydrogens (tertiary/aromatic N) is 2. The van der Waals surface area contributed by atoms with Gasteiger partial charge in [0, 0.05) is 49.7 Å². The Morgan fingerprint density at radius 2 is 1.83 bits per heavy atom. The first-order valence-electron chi connectivity index (χ1n) is 13.3. The largest absolute Gasteiger partial charge is 0.493 e. The Labute approximate surface area is 219 Å². The van der Waals surface area contributed by atoms with Crippen LogP contribution in [-0.2, 0) is 24.3 Å². The molecule has 194 valence electrons. The summed E-state index contributed by atoms with van der Waals surface area (Å²) in [4.78, 5) is 17.7. The van der Waals surface area contributed by atoms with Gasteiger partial charge in [-0.2, -0.15) is 0 Å². The van der Waals surface area contributed by atoms with E-state index < -0.39 is 0 Å². The smallest absolute Gasteiger partial charge is 0.220 e. The lowest BCUT2D eigenvalue weighted by Crippen LogP contribution is -2.52. The molecule has 2 fully saturated rings. The molecule has 2 aromatic carbocycles. The van der Waals surface area contributed by atoms with Crippen LogP contribution in [0.4, 0.5) is 0 Å². The van der Waals surface area contributed by atoms with Gasteiger partial charge in [0.05, 0.1) is 14.2 Å². The first-order chi connectivity index (χ1) is 17.5. The highest BCUT2D eigenvalue weighted by Gasteiger charge is 2.35. The monoisotopic (exact) mass is 511 g/mol. The molecule has 6 nitrogen and oxygen atoms in total. The third kappa shape index (κ3) is 6.16. The van der Waals surface area contributed by atoms with Gasteiger partial charge < -0.3 is 14.8 Å². The summed E-state index contributed by atoms with van der Waals surface area (Å²) in [5, 5.41) is 3.96. The summed E-state index contributed by atoms with van der Waals surface area (Å²) in [5.74, 6) is 2.26. The number of methoxy groups -OCH3 is 2. The van der Waals surface area contributed by atoms with Gasteiger partial charge in [-0.25, -0.2) is 0 Å². The summed E-state index contributed by atoms with van der Waals surface area (Å²) in [5.41, 5.74) is 3.92. The zero-order valence-corrected chi connectivity index (χ0v) is 22.2. The van der Waals surface area contributed by atoms with Crippen LogP contribution in [0, 0.1) is 5.92 Å². The zero-order chi connectivity index (χ0) is 25.1. The van der Waals surface area contributed by atoms with Crippen LogP contribution >= 0.6 is 11.6 Å². The van der Waals surface area contributed by atoms with Crippen LogP contribution in [0.3, 0.4) is 0 Å². The van der Waals surface area contributed by atoms with E-state index in [1.165, 1.54) is 16.7 Å². The number of benzene rings is 2. The van der Waals surface area contributed by atoms with Crippen molar-refractivity contribution in [1.29, 1.82) is 0 Å². The number of carbonyl (C=O) groups is 1. The fraction of sp³-hybridized carbons (Fsp3) is 0.552. The van der Waals surface area contributed by atoms with Crippen molar-refractivity contribution in [3.05, 3.63) is 58.1 Å². The fourth-order valence-corrected chi connectivity index (χ4v) is 6.14. The quantitative estimate of drug-likeness (QED) is 0.530. The lowest BCUT2D eigenvalue weighted by atomic mass is 9.85. The minimum Gasteiger partial charge on any atom is -0.493 e. The van der Waals surface area contributed by atoms with Gasteiger partial charge in [0.25, 0.3) is 0 Å². The molecular formula is C29H38ClN3O3. The number of halogens is 1.